The van der Waals surface area contributed by atoms with Gasteiger partial charge < -0.3 is 9.47 Å². The summed E-state index contributed by atoms with van der Waals surface area (Å²) < 4.78 is 33.5. The number of ether oxygens (including phenoxy) is 2. The zero-order chi connectivity index (χ0) is 15.5. The molecule has 2 rings (SSSR count). The first-order valence-electron chi connectivity index (χ1n) is 6.89. The van der Waals surface area contributed by atoms with E-state index < -0.39 is 15.9 Å². The van der Waals surface area contributed by atoms with Crippen LogP contribution in [0.15, 0.2) is 23.1 Å². The highest BCUT2D eigenvalue weighted by molar-refractivity contribution is 7.89. The minimum absolute atomic E-state index is 0.0295. The summed E-state index contributed by atoms with van der Waals surface area (Å²) in [6, 6.07) is 4.30. The summed E-state index contributed by atoms with van der Waals surface area (Å²) in [6.45, 7) is 2.78. The van der Waals surface area contributed by atoms with E-state index >= 15 is 0 Å². The van der Waals surface area contributed by atoms with Crippen molar-refractivity contribution >= 4 is 16.0 Å². The van der Waals surface area contributed by atoms with Gasteiger partial charge in [-0.25, -0.2) is 13.6 Å². The molecule has 0 saturated heterocycles. The van der Waals surface area contributed by atoms with E-state index in [1.165, 1.54) is 18.2 Å². The first kappa shape index (κ1) is 15.8. The normalized spacial score (nSPS) is 17.7. The number of nitrogens with two attached hydrogens (primary N) is 1. The second-order valence-electron chi connectivity index (χ2n) is 4.96. The van der Waals surface area contributed by atoms with E-state index in [4.69, 9.17) is 14.6 Å². The quantitative estimate of drug-likeness (QED) is 0.657. The Balaban J connectivity index is 2.26. The maximum atomic E-state index is 12.1. The average molecular weight is 313 g/mol. The fraction of sp³-hybridized carbons (Fsp3) is 0.500. The molecule has 0 radical (unpaired) electrons. The van der Waals surface area contributed by atoms with E-state index in [0.29, 0.717) is 30.9 Å². The molecule has 0 spiro atoms. The van der Waals surface area contributed by atoms with Gasteiger partial charge in [0, 0.05) is 5.56 Å². The topological polar surface area (TPSA) is 95.7 Å². The molecule has 2 N–H and O–H groups in total. The number of rotatable bonds is 5. The van der Waals surface area contributed by atoms with Gasteiger partial charge in [-0.1, -0.05) is 13.3 Å². The van der Waals surface area contributed by atoms with Crippen LogP contribution in [-0.2, 0) is 19.6 Å². The van der Waals surface area contributed by atoms with Gasteiger partial charge in [0.1, 0.15) is 5.75 Å². The van der Waals surface area contributed by atoms with Crippen LogP contribution in [0.3, 0.4) is 0 Å². The molecular formula is C14H19NO5S. The minimum atomic E-state index is -3.81. The van der Waals surface area contributed by atoms with Crippen molar-refractivity contribution in [2.45, 2.75) is 37.0 Å². The summed E-state index contributed by atoms with van der Waals surface area (Å²) in [4.78, 5) is 12.1. The van der Waals surface area contributed by atoms with Crippen molar-refractivity contribution < 1.29 is 22.7 Å². The molecule has 21 heavy (non-hydrogen) atoms. The standard InChI is InChI=1S/C14H19NO5S/c1-2-3-7-20-14(16)11-6-8-19-13-5-4-10(9-12(11)13)21(15,17)18/h4-5,9,11H,2-3,6-8H2,1H3,(H2,15,17,18). The highest BCUT2D eigenvalue weighted by Crippen LogP contribution is 2.35. The minimum Gasteiger partial charge on any atom is -0.493 e. The lowest BCUT2D eigenvalue weighted by Crippen LogP contribution is -2.24. The van der Waals surface area contributed by atoms with Crippen LogP contribution in [0.25, 0.3) is 0 Å². The van der Waals surface area contributed by atoms with Crippen molar-refractivity contribution in [1.82, 2.24) is 0 Å². The fourth-order valence-electron chi connectivity index (χ4n) is 2.21. The number of fused-ring (bicyclic) bond motifs is 1. The maximum Gasteiger partial charge on any atom is 0.313 e. The van der Waals surface area contributed by atoms with Gasteiger partial charge in [0.05, 0.1) is 24.0 Å². The molecule has 116 valence electrons. The number of hydrogen-bond acceptors (Lipinski definition) is 5. The molecule has 0 bridgehead atoms. The monoisotopic (exact) mass is 313 g/mol. The third kappa shape index (κ3) is 3.74. The molecule has 1 heterocycles. The van der Waals surface area contributed by atoms with Crippen molar-refractivity contribution in [1.29, 1.82) is 0 Å². The van der Waals surface area contributed by atoms with Gasteiger partial charge in [0.2, 0.25) is 10.0 Å². The second-order valence-corrected chi connectivity index (χ2v) is 6.52. The highest BCUT2D eigenvalue weighted by atomic mass is 32.2. The molecule has 0 saturated carbocycles. The van der Waals surface area contributed by atoms with Crippen molar-refractivity contribution in [3.63, 3.8) is 0 Å². The van der Waals surface area contributed by atoms with Crippen molar-refractivity contribution in [2.75, 3.05) is 13.2 Å². The van der Waals surface area contributed by atoms with E-state index in [0.717, 1.165) is 12.8 Å². The summed E-state index contributed by atoms with van der Waals surface area (Å²) in [5, 5.41) is 5.12. The van der Waals surface area contributed by atoms with Crippen molar-refractivity contribution in [2.24, 2.45) is 5.14 Å². The number of esters is 1. The maximum absolute atomic E-state index is 12.1. The number of benzene rings is 1. The smallest absolute Gasteiger partial charge is 0.313 e. The number of sulfonamides is 1. The highest BCUT2D eigenvalue weighted by Gasteiger charge is 2.30. The Morgan fingerprint density at radius 1 is 1.48 bits per heavy atom. The Morgan fingerprint density at radius 3 is 2.90 bits per heavy atom. The van der Waals surface area contributed by atoms with E-state index in [-0.39, 0.29) is 10.9 Å². The largest absolute Gasteiger partial charge is 0.493 e. The average Bonchev–Trinajstić information content (AvgIpc) is 2.45. The van der Waals surface area contributed by atoms with E-state index in [1.807, 2.05) is 6.92 Å². The van der Waals surface area contributed by atoms with Crippen LogP contribution < -0.4 is 9.88 Å². The number of unbranched alkanes of at least 4 members (excludes halogenated alkanes) is 1. The molecule has 1 aliphatic heterocycles. The number of primary sulfonamides is 1. The Morgan fingerprint density at radius 2 is 2.24 bits per heavy atom. The number of hydrogen-bond donors (Lipinski definition) is 1. The third-order valence-electron chi connectivity index (χ3n) is 3.38. The summed E-state index contributed by atoms with van der Waals surface area (Å²) in [6.07, 6.45) is 2.21. The van der Waals surface area contributed by atoms with E-state index in [1.54, 1.807) is 0 Å². The SMILES string of the molecule is CCCCOC(=O)C1CCOc2ccc(S(N)(=O)=O)cc21. The Kier molecular flexibility index (Phi) is 4.84. The van der Waals surface area contributed by atoms with Crippen molar-refractivity contribution in [3.05, 3.63) is 23.8 Å². The molecule has 1 aliphatic rings. The molecule has 0 aromatic heterocycles. The van der Waals surface area contributed by atoms with Crippen LogP contribution in [0.1, 0.15) is 37.7 Å². The molecule has 1 aromatic rings. The third-order valence-corrected chi connectivity index (χ3v) is 4.29. The molecule has 6 nitrogen and oxygen atoms in total. The van der Waals surface area contributed by atoms with Gasteiger partial charge in [-0.3, -0.25) is 4.79 Å². The second kappa shape index (κ2) is 6.44. The molecule has 0 amide bonds. The fourth-order valence-corrected chi connectivity index (χ4v) is 2.76. The lowest BCUT2D eigenvalue weighted by atomic mass is 9.93. The molecule has 0 fully saturated rings. The molecule has 0 aliphatic carbocycles. The van der Waals surface area contributed by atoms with Gasteiger partial charge in [0.25, 0.3) is 0 Å². The predicted octanol–water partition coefficient (Wildman–Crippen LogP) is 1.54. The van der Waals surface area contributed by atoms with Gasteiger partial charge in [-0.2, -0.15) is 0 Å². The van der Waals surface area contributed by atoms with Gasteiger partial charge >= 0.3 is 5.97 Å². The van der Waals surface area contributed by atoms with Crippen LogP contribution in [0.5, 0.6) is 5.75 Å². The Hall–Kier alpha value is -1.60. The van der Waals surface area contributed by atoms with Gasteiger partial charge in [-0.15, -0.1) is 0 Å². The summed E-state index contributed by atoms with van der Waals surface area (Å²) in [5.74, 6) is -0.349. The Labute approximate surface area is 124 Å². The first-order chi connectivity index (χ1) is 9.93. The van der Waals surface area contributed by atoms with Crippen molar-refractivity contribution in [3.8, 4) is 5.75 Å². The number of carbonyl (C=O) groups is 1. The molecular weight excluding hydrogens is 294 g/mol. The zero-order valence-corrected chi connectivity index (χ0v) is 12.7. The van der Waals surface area contributed by atoms with Gasteiger partial charge in [-0.05, 0) is 31.0 Å². The Bertz CT molecular complexity index is 626. The lowest BCUT2D eigenvalue weighted by Gasteiger charge is -2.25. The van der Waals surface area contributed by atoms with Gasteiger partial charge in [0.15, 0.2) is 0 Å². The predicted molar refractivity (Wildman–Crippen MR) is 76.5 cm³/mol. The lowest BCUT2D eigenvalue weighted by molar-refractivity contribution is -0.146. The summed E-state index contributed by atoms with van der Waals surface area (Å²) in [5.41, 5.74) is 0.522. The first-order valence-corrected chi connectivity index (χ1v) is 8.44. The van der Waals surface area contributed by atoms with Crippen LogP contribution in [0, 0.1) is 0 Å². The van der Waals surface area contributed by atoms with E-state index in [2.05, 4.69) is 0 Å². The van der Waals surface area contributed by atoms with Crippen LogP contribution in [-0.4, -0.2) is 27.6 Å². The van der Waals surface area contributed by atoms with Crippen LogP contribution >= 0.6 is 0 Å². The van der Waals surface area contributed by atoms with Crippen LogP contribution in [0.4, 0.5) is 0 Å². The van der Waals surface area contributed by atoms with Crippen LogP contribution in [0.2, 0.25) is 0 Å². The summed E-state index contributed by atoms with van der Waals surface area (Å²) in [7, 11) is -3.81. The molecule has 1 unspecified atom stereocenters. The zero-order valence-electron chi connectivity index (χ0n) is 11.9. The molecule has 1 aromatic carbocycles. The summed E-state index contributed by atoms with van der Waals surface area (Å²) >= 11 is 0. The number of carbonyl (C=O) groups excluding carboxylic acids is 1. The molecule has 1 atom stereocenters. The van der Waals surface area contributed by atoms with E-state index in [9.17, 15) is 13.2 Å². The molecule has 7 heteroatoms.